The van der Waals surface area contributed by atoms with Crippen LogP contribution in [0.1, 0.15) is 18.1 Å². The first-order valence-corrected chi connectivity index (χ1v) is 7.26. The molecule has 0 aromatic heterocycles. The Hall–Kier alpha value is -2.32. The molecular weight excluding hydrogens is 287 g/mol. The summed E-state index contributed by atoms with van der Waals surface area (Å²) in [4.78, 5) is 11.9. The van der Waals surface area contributed by atoms with Gasteiger partial charge in [0.1, 0.15) is 5.82 Å². The first-order valence-electron chi connectivity index (χ1n) is 6.27. The number of carbonyl (C=O) groups excluding carboxylic acids is 1. The van der Waals surface area contributed by atoms with Gasteiger partial charge in [0, 0.05) is 23.3 Å². The van der Waals surface area contributed by atoms with Crippen molar-refractivity contribution in [1.29, 1.82) is 5.26 Å². The molecule has 5 heteroatoms. The van der Waals surface area contributed by atoms with Crippen LogP contribution in [0.3, 0.4) is 0 Å². The summed E-state index contributed by atoms with van der Waals surface area (Å²) in [6, 6.07) is 13.8. The minimum Gasteiger partial charge on any atom is -0.326 e. The number of hydrogen-bond acceptors (Lipinski definition) is 3. The molecule has 0 aliphatic carbocycles. The van der Waals surface area contributed by atoms with Gasteiger partial charge in [-0.05, 0) is 42.0 Å². The summed E-state index contributed by atoms with van der Waals surface area (Å²) in [5.74, 6) is 0.00304. The van der Waals surface area contributed by atoms with E-state index in [9.17, 15) is 9.18 Å². The molecule has 2 rings (SSSR count). The third-order valence-electron chi connectivity index (χ3n) is 2.75. The highest BCUT2D eigenvalue weighted by Crippen LogP contribution is 2.25. The maximum Gasteiger partial charge on any atom is 0.221 e. The summed E-state index contributed by atoms with van der Waals surface area (Å²) in [5, 5.41) is 11.4. The first kappa shape index (κ1) is 15.1. The zero-order valence-corrected chi connectivity index (χ0v) is 12.2. The van der Waals surface area contributed by atoms with Crippen LogP contribution >= 0.6 is 11.8 Å². The fourth-order valence-corrected chi connectivity index (χ4v) is 2.62. The summed E-state index contributed by atoms with van der Waals surface area (Å²) >= 11 is 1.49. The molecule has 0 radical (unpaired) electrons. The van der Waals surface area contributed by atoms with Crippen LogP contribution in [0.25, 0.3) is 0 Å². The zero-order chi connectivity index (χ0) is 15.2. The highest BCUT2D eigenvalue weighted by atomic mass is 32.2. The minimum atomic E-state index is -0.364. The summed E-state index contributed by atoms with van der Waals surface area (Å²) in [6.07, 6.45) is 0. The molecule has 21 heavy (non-hydrogen) atoms. The second kappa shape index (κ2) is 6.91. The Labute approximate surface area is 126 Å². The third-order valence-corrected chi connectivity index (χ3v) is 3.81. The van der Waals surface area contributed by atoms with Crippen LogP contribution < -0.4 is 5.32 Å². The molecule has 0 heterocycles. The number of benzene rings is 2. The number of hydrogen-bond donors (Lipinski definition) is 1. The third kappa shape index (κ3) is 4.33. The van der Waals surface area contributed by atoms with Crippen LogP contribution in [-0.4, -0.2) is 5.91 Å². The lowest BCUT2D eigenvalue weighted by atomic mass is 10.1. The molecule has 1 amide bonds. The van der Waals surface area contributed by atoms with Gasteiger partial charge in [0.05, 0.1) is 11.6 Å². The summed E-state index contributed by atoms with van der Waals surface area (Å²) in [7, 11) is 0. The normalized spacial score (nSPS) is 9.95. The van der Waals surface area contributed by atoms with Crippen LogP contribution in [0.5, 0.6) is 0 Å². The van der Waals surface area contributed by atoms with E-state index in [2.05, 4.69) is 5.32 Å². The Morgan fingerprint density at radius 2 is 2.00 bits per heavy atom. The van der Waals surface area contributed by atoms with Crippen LogP contribution in [0.2, 0.25) is 0 Å². The van der Waals surface area contributed by atoms with Crippen molar-refractivity contribution in [3.63, 3.8) is 0 Å². The van der Waals surface area contributed by atoms with Crippen LogP contribution in [0, 0.1) is 17.1 Å². The number of rotatable bonds is 4. The zero-order valence-electron chi connectivity index (χ0n) is 11.4. The number of carbonyl (C=O) groups is 1. The Balaban J connectivity index is 2.00. The van der Waals surface area contributed by atoms with Crippen LogP contribution in [0.4, 0.5) is 10.1 Å². The topological polar surface area (TPSA) is 52.9 Å². The molecule has 3 nitrogen and oxygen atoms in total. The standard InChI is InChI=1S/C16H13FN2OS/c1-11(20)19-14-4-6-15(7-5-14)21-10-13-3-2-12(9-18)8-16(13)17/h2-8H,10H2,1H3,(H,19,20). The number of halogens is 1. The summed E-state index contributed by atoms with van der Waals surface area (Å²) in [5.41, 5.74) is 1.61. The van der Waals surface area contributed by atoms with Crippen molar-refractivity contribution in [3.8, 4) is 6.07 Å². The summed E-state index contributed by atoms with van der Waals surface area (Å²) in [6.45, 7) is 1.45. The smallest absolute Gasteiger partial charge is 0.221 e. The van der Waals surface area contributed by atoms with Crippen molar-refractivity contribution in [1.82, 2.24) is 0 Å². The van der Waals surface area contributed by atoms with E-state index in [1.807, 2.05) is 18.2 Å². The molecule has 2 aromatic rings. The van der Waals surface area contributed by atoms with Crippen molar-refractivity contribution in [2.45, 2.75) is 17.6 Å². The van der Waals surface area contributed by atoms with E-state index >= 15 is 0 Å². The van der Waals surface area contributed by atoms with E-state index < -0.39 is 0 Å². The second-order valence-corrected chi connectivity index (χ2v) is 5.46. The van der Waals surface area contributed by atoms with Crippen LogP contribution in [-0.2, 0) is 10.5 Å². The van der Waals surface area contributed by atoms with Gasteiger partial charge in [-0.1, -0.05) is 6.07 Å². The molecule has 0 aliphatic rings. The van der Waals surface area contributed by atoms with E-state index in [-0.39, 0.29) is 11.7 Å². The Kier molecular flexibility index (Phi) is 4.96. The van der Waals surface area contributed by atoms with E-state index in [1.165, 1.54) is 24.8 Å². The fourth-order valence-electron chi connectivity index (χ4n) is 1.73. The highest BCUT2D eigenvalue weighted by Gasteiger charge is 2.05. The first-order chi connectivity index (χ1) is 10.1. The van der Waals surface area contributed by atoms with Gasteiger partial charge >= 0.3 is 0 Å². The SMILES string of the molecule is CC(=O)Nc1ccc(SCc2ccc(C#N)cc2F)cc1. The lowest BCUT2D eigenvalue weighted by Gasteiger charge is -2.06. The molecule has 0 spiro atoms. The number of nitrogens with zero attached hydrogens (tertiary/aromatic N) is 1. The van der Waals surface area contributed by atoms with E-state index in [0.717, 1.165) is 10.6 Å². The molecule has 2 aromatic carbocycles. The van der Waals surface area contributed by atoms with Gasteiger partial charge in [0.2, 0.25) is 5.91 Å². The number of nitriles is 1. The average molecular weight is 300 g/mol. The molecule has 0 bridgehead atoms. The maximum atomic E-state index is 13.7. The van der Waals surface area contributed by atoms with Gasteiger partial charge in [0.25, 0.3) is 0 Å². The van der Waals surface area contributed by atoms with E-state index in [1.54, 1.807) is 24.3 Å². The lowest BCUT2D eigenvalue weighted by molar-refractivity contribution is -0.114. The molecular formula is C16H13FN2OS. The molecule has 0 saturated heterocycles. The quantitative estimate of drug-likeness (QED) is 0.870. The van der Waals surface area contributed by atoms with Crippen molar-refractivity contribution in [3.05, 3.63) is 59.4 Å². The average Bonchev–Trinajstić information content (AvgIpc) is 2.47. The number of nitrogens with one attached hydrogen (secondary N) is 1. The Morgan fingerprint density at radius 1 is 1.29 bits per heavy atom. The van der Waals surface area contributed by atoms with Crippen molar-refractivity contribution >= 4 is 23.4 Å². The van der Waals surface area contributed by atoms with Gasteiger partial charge in [0.15, 0.2) is 0 Å². The predicted octanol–water partition coefficient (Wildman–Crippen LogP) is 3.95. The minimum absolute atomic E-state index is 0.116. The molecule has 0 saturated carbocycles. The Morgan fingerprint density at radius 3 is 2.57 bits per heavy atom. The Bertz CT molecular complexity index is 692. The fraction of sp³-hybridized carbons (Fsp3) is 0.125. The molecule has 0 fully saturated rings. The predicted molar refractivity (Wildman–Crippen MR) is 81.4 cm³/mol. The number of anilines is 1. The highest BCUT2D eigenvalue weighted by molar-refractivity contribution is 7.98. The maximum absolute atomic E-state index is 13.7. The molecule has 0 atom stereocenters. The monoisotopic (exact) mass is 300 g/mol. The lowest BCUT2D eigenvalue weighted by Crippen LogP contribution is -2.05. The van der Waals surface area contributed by atoms with Crippen molar-refractivity contribution in [2.75, 3.05) is 5.32 Å². The van der Waals surface area contributed by atoms with Gasteiger partial charge in [-0.3, -0.25) is 4.79 Å². The van der Waals surface area contributed by atoms with Gasteiger partial charge in [-0.15, -0.1) is 11.8 Å². The molecule has 106 valence electrons. The number of amides is 1. The van der Waals surface area contributed by atoms with Gasteiger partial charge in [-0.25, -0.2) is 4.39 Å². The van der Waals surface area contributed by atoms with Crippen LogP contribution in [0.15, 0.2) is 47.4 Å². The largest absolute Gasteiger partial charge is 0.326 e. The van der Waals surface area contributed by atoms with Crippen molar-refractivity contribution in [2.24, 2.45) is 0 Å². The summed E-state index contributed by atoms with van der Waals surface area (Å²) < 4.78 is 13.7. The second-order valence-electron chi connectivity index (χ2n) is 4.41. The number of thioether (sulfide) groups is 1. The molecule has 0 unspecified atom stereocenters. The van der Waals surface area contributed by atoms with E-state index in [0.29, 0.717) is 16.9 Å². The van der Waals surface area contributed by atoms with Gasteiger partial charge < -0.3 is 5.32 Å². The van der Waals surface area contributed by atoms with Gasteiger partial charge in [-0.2, -0.15) is 5.26 Å². The van der Waals surface area contributed by atoms with E-state index in [4.69, 9.17) is 5.26 Å². The molecule has 1 N–H and O–H groups in total. The van der Waals surface area contributed by atoms with Crippen molar-refractivity contribution < 1.29 is 9.18 Å². The molecule has 0 aliphatic heterocycles.